The second-order valence-electron chi connectivity index (χ2n) is 4.35. The Morgan fingerprint density at radius 2 is 2.00 bits per heavy atom. The van der Waals surface area contributed by atoms with E-state index in [9.17, 15) is 0 Å². The van der Waals surface area contributed by atoms with Crippen LogP contribution in [-0.4, -0.2) is 13.7 Å². The van der Waals surface area contributed by atoms with E-state index in [1.54, 1.807) is 18.4 Å². The van der Waals surface area contributed by atoms with E-state index in [2.05, 4.69) is 12.2 Å². The zero-order valence-corrected chi connectivity index (χ0v) is 13.4. The molecule has 2 rings (SSSR count). The zero-order chi connectivity index (χ0) is 13.8. The summed E-state index contributed by atoms with van der Waals surface area (Å²) in [5, 5.41) is 5.95. The third-order valence-corrected chi connectivity index (χ3v) is 4.93. The molecule has 1 N–H and O–H groups in total. The standard InChI is InChI=1S/C14H17Cl2NOS/c1-3-6-17-7-12-9(8-18-2)13-10(15)4-5-11(16)14(13)19-12/h4-5,17H,3,6-8H2,1-2H3. The number of rotatable bonds is 6. The van der Waals surface area contributed by atoms with Crippen LogP contribution >= 0.6 is 34.5 Å². The number of methoxy groups -OCH3 is 1. The lowest BCUT2D eigenvalue weighted by Crippen LogP contribution is -2.13. The Bertz CT molecular complexity index is 568. The molecule has 0 radical (unpaired) electrons. The summed E-state index contributed by atoms with van der Waals surface area (Å²) >= 11 is 14.3. The number of thiophene rings is 1. The highest BCUT2D eigenvalue weighted by Gasteiger charge is 2.16. The number of benzene rings is 1. The Morgan fingerprint density at radius 3 is 2.68 bits per heavy atom. The average molecular weight is 318 g/mol. The Balaban J connectivity index is 2.47. The van der Waals surface area contributed by atoms with Gasteiger partial charge in [0.05, 0.1) is 16.3 Å². The molecule has 0 fully saturated rings. The minimum atomic E-state index is 0.559. The molecule has 2 aromatic rings. The normalized spacial score (nSPS) is 11.4. The molecular weight excluding hydrogens is 301 g/mol. The Labute approximate surface area is 127 Å². The van der Waals surface area contributed by atoms with Crippen LogP contribution < -0.4 is 5.32 Å². The maximum atomic E-state index is 6.32. The molecule has 0 aliphatic carbocycles. The number of hydrogen-bond acceptors (Lipinski definition) is 3. The summed E-state index contributed by atoms with van der Waals surface area (Å²) in [4.78, 5) is 1.25. The van der Waals surface area contributed by atoms with Crippen LogP contribution in [0.15, 0.2) is 12.1 Å². The second kappa shape index (κ2) is 6.91. The molecule has 104 valence electrons. The van der Waals surface area contributed by atoms with E-state index in [-0.39, 0.29) is 0 Å². The van der Waals surface area contributed by atoms with E-state index in [1.807, 2.05) is 12.1 Å². The van der Waals surface area contributed by atoms with Crippen LogP contribution in [0.25, 0.3) is 10.1 Å². The molecule has 0 unspecified atom stereocenters. The lowest BCUT2D eigenvalue weighted by atomic mass is 10.1. The fourth-order valence-corrected chi connectivity index (χ4v) is 3.86. The van der Waals surface area contributed by atoms with Crippen molar-refractivity contribution in [3.05, 3.63) is 32.6 Å². The van der Waals surface area contributed by atoms with Gasteiger partial charge in [-0.05, 0) is 25.1 Å². The first-order chi connectivity index (χ1) is 9.19. The molecule has 0 atom stereocenters. The smallest absolute Gasteiger partial charge is 0.0731 e. The molecule has 0 aliphatic rings. The van der Waals surface area contributed by atoms with Crippen LogP contribution in [0.5, 0.6) is 0 Å². The number of hydrogen-bond donors (Lipinski definition) is 1. The maximum Gasteiger partial charge on any atom is 0.0731 e. The van der Waals surface area contributed by atoms with E-state index >= 15 is 0 Å². The first-order valence-corrected chi connectivity index (χ1v) is 7.84. The minimum absolute atomic E-state index is 0.559. The molecule has 0 spiro atoms. The summed E-state index contributed by atoms with van der Waals surface area (Å²) in [5.41, 5.74) is 1.15. The van der Waals surface area contributed by atoms with E-state index in [0.29, 0.717) is 6.61 Å². The molecule has 0 aliphatic heterocycles. The number of ether oxygens (including phenoxy) is 1. The topological polar surface area (TPSA) is 21.3 Å². The van der Waals surface area contributed by atoms with Gasteiger partial charge in [-0.25, -0.2) is 0 Å². The van der Waals surface area contributed by atoms with Crippen LogP contribution in [-0.2, 0) is 17.9 Å². The monoisotopic (exact) mass is 317 g/mol. The average Bonchev–Trinajstić information content (AvgIpc) is 2.75. The van der Waals surface area contributed by atoms with Gasteiger partial charge in [0.2, 0.25) is 0 Å². The van der Waals surface area contributed by atoms with E-state index in [0.717, 1.165) is 45.2 Å². The fraction of sp³-hybridized carbons (Fsp3) is 0.429. The van der Waals surface area contributed by atoms with Gasteiger partial charge in [0.15, 0.2) is 0 Å². The van der Waals surface area contributed by atoms with Crippen LogP contribution in [0, 0.1) is 0 Å². The maximum absolute atomic E-state index is 6.32. The van der Waals surface area contributed by atoms with Gasteiger partial charge in [-0.2, -0.15) is 0 Å². The van der Waals surface area contributed by atoms with Crippen molar-refractivity contribution in [1.29, 1.82) is 0 Å². The number of nitrogens with one attached hydrogen (secondary N) is 1. The SMILES string of the molecule is CCCNCc1sc2c(Cl)ccc(Cl)c2c1COC. The third-order valence-electron chi connectivity index (χ3n) is 2.92. The highest BCUT2D eigenvalue weighted by molar-refractivity contribution is 7.20. The van der Waals surface area contributed by atoms with Crippen molar-refractivity contribution in [3.63, 3.8) is 0 Å². The Kier molecular flexibility index (Phi) is 5.48. The largest absolute Gasteiger partial charge is 0.380 e. The number of halogens is 2. The third kappa shape index (κ3) is 3.23. The van der Waals surface area contributed by atoms with Gasteiger partial charge < -0.3 is 10.1 Å². The minimum Gasteiger partial charge on any atom is -0.380 e. The molecule has 1 aromatic heterocycles. The van der Waals surface area contributed by atoms with Crippen LogP contribution in [0.2, 0.25) is 10.0 Å². The van der Waals surface area contributed by atoms with E-state index < -0.39 is 0 Å². The van der Waals surface area contributed by atoms with Crippen molar-refractivity contribution in [3.8, 4) is 0 Å². The van der Waals surface area contributed by atoms with Crippen LogP contribution in [0.4, 0.5) is 0 Å². The molecule has 0 amide bonds. The molecule has 1 heterocycles. The van der Waals surface area contributed by atoms with Crippen molar-refractivity contribution in [1.82, 2.24) is 5.32 Å². The predicted molar refractivity (Wildman–Crippen MR) is 84.6 cm³/mol. The molecule has 0 bridgehead atoms. The van der Waals surface area contributed by atoms with Crippen LogP contribution in [0.3, 0.4) is 0 Å². The lowest BCUT2D eigenvalue weighted by Gasteiger charge is -2.05. The van der Waals surface area contributed by atoms with Gasteiger partial charge in [-0.3, -0.25) is 0 Å². The van der Waals surface area contributed by atoms with Crippen molar-refractivity contribution in [2.45, 2.75) is 26.5 Å². The quantitative estimate of drug-likeness (QED) is 0.769. The van der Waals surface area contributed by atoms with Crippen molar-refractivity contribution in [2.24, 2.45) is 0 Å². The van der Waals surface area contributed by atoms with Crippen molar-refractivity contribution < 1.29 is 4.74 Å². The molecule has 0 saturated heterocycles. The highest BCUT2D eigenvalue weighted by atomic mass is 35.5. The van der Waals surface area contributed by atoms with Gasteiger partial charge >= 0.3 is 0 Å². The van der Waals surface area contributed by atoms with Gasteiger partial charge in [-0.15, -0.1) is 11.3 Å². The number of fused-ring (bicyclic) bond motifs is 1. The first-order valence-electron chi connectivity index (χ1n) is 6.27. The summed E-state index contributed by atoms with van der Waals surface area (Å²) in [6, 6.07) is 3.70. The zero-order valence-electron chi connectivity index (χ0n) is 11.1. The molecule has 0 saturated carbocycles. The Hall–Kier alpha value is -0.320. The molecule has 5 heteroatoms. The van der Waals surface area contributed by atoms with Crippen LogP contribution in [0.1, 0.15) is 23.8 Å². The summed E-state index contributed by atoms with van der Waals surface area (Å²) in [5.74, 6) is 0. The summed E-state index contributed by atoms with van der Waals surface area (Å²) in [7, 11) is 1.70. The van der Waals surface area contributed by atoms with Crippen molar-refractivity contribution >= 4 is 44.6 Å². The van der Waals surface area contributed by atoms with Gasteiger partial charge in [0.1, 0.15) is 0 Å². The molecular formula is C14H17Cl2NOS. The molecule has 2 nitrogen and oxygen atoms in total. The van der Waals surface area contributed by atoms with Crippen molar-refractivity contribution in [2.75, 3.05) is 13.7 Å². The molecule has 19 heavy (non-hydrogen) atoms. The lowest BCUT2D eigenvalue weighted by molar-refractivity contribution is 0.185. The van der Waals surface area contributed by atoms with Gasteiger partial charge in [0.25, 0.3) is 0 Å². The van der Waals surface area contributed by atoms with Gasteiger partial charge in [-0.1, -0.05) is 30.1 Å². The van der Waals surface area contributed by atoms with E-state index in [1.165, 1.54) is 4.88 Å². The first kappa shape index (κ1) is 15.1. The fourth-order valence-electron chi connectivity index (χ4n) is 2.06. The summed E-state index contributed by atoms with van der Waals surface area (Å²) in [6.45, 7) is 4.55. The summed E-state index contributed by atoms with van der Waals surface area (Å²) in [6.07, 6.45) is 1.12. The highest BCUT2D eigenvalue weighted by Crippen LogP contribution is 2.40. The molecule has 1 aromatic carbocycles. The Morgan fingerprint density at radius 1 is 1.26 bits per heavy atom. The predicted octanol–water partition coefficient (Wildman–Crippen LogP) is 4.85. The van der Waals surface area contributed by atoms with Gasteiger partial charge in [0, 0.05) is 34.5 Å². The second-order valence-corrected chi connectivity index (χ2v) is 6.27. The summed E-state index contributed by atoms with van der Waals surface area (Å²) < 4.78 is 6.36. The van der Waals surface area contributed by atoms with E-state index in [4.69, 9.17) is 27.9 Å².